The number of rotatable bonds is 4. The Balaban J connectivity index is 2.18. The lowest BCUT2D eigenvalue weighted by Crippen LogP contribution is -2.36. The molecule has 1 aliphatic rings. The molecule has 20 heavy (non-hydrogen) atoms. The smallest absolute Gasteiger partial charge is 0.243 e. The van der Waals surface area contributed by atoms with E-state index in [-0.39, 0.29) is 6.04 Å². The van der Waals surface area contributed by atoms with E-state index in [1.807, 2.05) is 7.05 Å². The summed E-state index contributed by atoms with van der Waals surface area (Å²) in [6.45, 7) is 0. The van der Waals surface area contributed by atoms with Crippen LogP contribution in [0.25, 0.3) is 0 Å². The number of sulfonamides is 1. The molecule has 0 atom stereocenters. The zero-order valence-corrected chi connectivity index (χ0v) is 13.1. The minimum absolute atomic E-state index is 0.145. The summed E-state index contributed by atoms with van der Waals surface area (Å²) in [6, 6.07) is 7.09. The molecular formula is C15H24N2O2S. The van der Waals surface area contributed by atoms with E-state index in [1.165, 1.54) is 12.8 Å². The van der Waals surface area contributed by atoms with Crippen molar-refractivity contribution in [2.24, 2.45) is 0 Å². The second-order valence-electron chi connectivity index (χ2n) is 5.44. The van der Waals surface area contributed by atoms with E-state index in [0.717, 1.165) is 31.4 Å². The van der Waals surface area contributed by atoms with Crippen molar-refractivity contribution in [2.45, 2.75) is 49.5 Å². The molecule has 0 bridgehead atoms. The Labute approximate surface area is 122 Å². The van der Waals surface area contributed by atoms with Gasteiger partial charge in [-0.05, 0) is 37.1 Å². The number of anilines is 1. The summed E-state index contributed by atoms with van der Waals surface area (Å²) < 4.78 is 26.9. The lowest BCUT2D eigenvalue weighted by molar-refractivity contribution is 0.336. The quantitative estimate of drug-likeness (QED) is 0.869. The van der Waals surface area contributed by atoms with Crippen LogP contribution in [0.1, 0.15) is 38.5 Å². The average molecular weight is 296 g/mol. The normalized spacial score (nSPS) is 17.9. The second kappa shape index (κ2) is 6.59. The van der Waals surface area contributed by atoms with Crippen molar-refractivity contribution in [3.63, 3.8) is 0 Å². The lowest BCUT2D eigenvalue weighted by Gasteiger charge is -2.26. The predicted octanol–water partition coefficient (Wildman–Crippen LogP) is 3.07. The van der Waals surface area contributed by atoms with Crippen LogP contribution in [0.2, 0.25) is 0 Å². The van der Waals surface area contributed by atoms with E-state index in [9.17, 15) is 8.42 Å². The highest BCUT2D eigenvalue weighted by Crippen LogP contribution is 2.26. The maximum absolute atomic E-state index is 12.6. The van der Waals surface area contributed by atoms with Gasteiger partial charge in [0.25, 0.3) is 0 Å². The summed E-state index contributed by atoms with van der Waals surface area (Å²) in [7, 11) is 0.166. The highest BCUT2D eigenvalue weighted by molar-refractivity contribution is 7.89. The molecule has 1 saturated carbocycles. The fourth-order valence-electron chi connectivity index (χ4n) is 2.78. The van der Waals surface area contributed by atoms with Crippen molar-refractivity contribution in [2.75, 3.05) is 19.4 Å². The van der Waals surface area contributed by atoms with Gasteiger partial charge in [-0.2, -0.15) is 4.31 Å². The van der Waals surface area contributed by atoms with Gasteiger partial charge in [0, 0.05) is 25.8 Å². The number of nitrogens with zero attached hydrogens (tertiary/aromatic N) is 1. The highest BCUT2D eigenvalue weighted by Gasteiger charge is 2.28. The Bertz CT molecular complexity index is 517. The van der Waals surface area contributed by atoms with Gasteiger partial charge in [0.05, 0.1) is 4.90 Å². The van der Waals surface area contributed by atoms with Crippen LogP contribution in [0.15, 0.2) is 29.2 Å². The maximum atomic E-state index is 12.6. The molecule has 2 rings (SSSR count). The van der Waals surface area contributed by atoms with Crippen LogP contribution in [0, 0.1) is 0 Å². The van der Waals surface area contributed by atoms with Gasteiger partial charge in [0.15, 0.2) is 0 Å². The topological polar surface area (TPSA) is 49.4 Å². The molecule has 5 heteroatoms. The first-order valence-corrected chi connectivity index (χ1v) is 8.75. The minimum Gasteiger partial charge on any atom is -0.388 e. The molecule has 1 N–H and O–H groups in total. The minimum atomic E-state index is -3.37. The number of nitrogens with one attached hydrogen (secondary N) is 1. The summed E-state index contributed by atoms with van der Waals surface area (Å²) in [4.78, 5) is 0.378. The fourth-order valence-corrected chi connectivity index (χ4v) is 4.19. The molecule has 0 heterocycles. The molecule has 1 aliphatic carbocycles. The van der Waals surface area contributed by atoms with Gasteiger partial charge in [0.1, 0.15) is 0 Å². The number of benzene rings is 1. The van der Waals surface area contributed by atoms with Crippen LogP contribution in [0.5, 0.6) is 0 Å². The van der Waals surface area contributed by atoms with Crippen LogP contribution in [-0.2, 0) is 10.0 Å². The van der Waals surface area contributed by atoms with Crippen LogP contribution in [0.3, 0.4) is 0 Å². The zero-order chi connectivity index (χ0) is 14.6. The Hall–Kier alpha value is -1.07. The molecule has 1 aromatic carbocycles. The van der Waals surface area contributed by atoms with E-state index in [2.05, 4.69) is 5.32 Å². The van der Waals surface area contributed by atoms with Crippen molar-refractivity contribution in [3.05, 3.63) is 24.3 Å². The van der Waals surface area contributed by atoms with E-state index < -0.39 is 10.0 Å². The van der Waals surface area contributed by atoms with Crippen LogP contribution < -0.4 is 5.32 Å². The molecule has 4 nitrogen and oxygen atoms in total. The van der Waals surface area contributed by atoms with E-state index >= 15 is 0 Å². The number of hydrogen-bond acceptors (Lipinski definition) is 3. The third-order valence-corrected chi connectivity index (χ3v) is 6.08. The maximum Gasteiger partial charge on any atom is 0.243 e. The van der Waals surface area contributed by atoms with Gasteiger partial charge < -0.3 is 5.32 Å². The summed E-state index contributed by atoms with van der Waals surface area (Å²) in [5.41, 5.74) is 0.918. The van der Waals surface area contributed by atoms with Gasteiger partial charge in [-0.25, -0.2) is 8.42 Å². The zero-order valence-electron chi connectivity index (χ0n) is 12.3. The third-order valence-electron chi connectivity index (χ3n) is 4.16. The van der Waals surface area contributed by atoms with Gasteiger partial charge in [-0.3, -0.25) is 0 Å². The molecule has 0 unspecified atom stereocenters. The molecule has 0 amide bonds. The Kier molecular flexibility index (Phi) is 5.05. The van der Waals surface area contributed by atoms with E-state index in [1.54, 1.807) is 35.6 Å². The first kappa shape index (κ1) is 15.3. The van der Waals surface area contributed by atoms with E-state index in [0.29, 0.717) is 4.90 Å². The molecule has 0 aliphatic heterocycles. The molecule has 0 saturated heterocycles. The van der Waals surface area contributed by atoms with Crippen LogP contribution in [-0.4, -0.2) is 32.9 Å². The summed E-state index contributed by atoms with van der Waals surface area (Å²) in [6.07, 6.45) is 6.66. The van der Waals surface area contributed by atoms with Crippen molar-refractivity contribution >= 4 is 15.7 Å². The average Bonchev–Trinajstić information content (AvgIpc) is 2.75. The SMILES string of the molecule is CNc1ccc(S(=O)(=O)N(C)C2CCCCCC2)cc1. The van der Waals surface area contributed by atoms with Crippen molar-refractivity contribution in [1.29, 1.82) is 0 Å². The monoisotopic (exact) mass is 296 g/mol. The number of hydrogen-bond donors (Lipinski definition) is 1. The fraction of sp³-hybridized carbons (Fsp3) is 0.600. The molecule has 0 aromatic heterocycles. The van der Waals surface area contributed by atoms with Gasteiger partial charge >= 0.3 is 0 Å². The van der Waals surface area contributed by atoms with Gasteiger partial charge in [0.2, 0.25) is 10.0 Å². The van der Waals surface area contributed by atoms with Gasteiger partial charge in [-0.1, -0.05) is 25.7 Å². The molecular weight excluding hydrogens is 272 g/mol. The molecule has 1 aromatic rings. The molecule has 0 spiro atoms. The Morgan fingerprint density at radius 2 is 1.60 bits per heavy atom. The predicted molar refractivity (Wildman–Crippen MR) is 82.4 cm³/mol. The second-order valence-corrected chi connectivity index (χ2v) is 7.44. The summed E-state index contributed by atoms with van der Waals surface area (Å²) in [5.74, 6) is 0. The molecule has 112 valence electrons. The lowest BCUT2D eigenvalue weighted by atomic mass is 10.1. The first-order chi connectivity index (χ1) is 9.55. The standard InChI is InChI=1S/C15H24N2O2S/c1-16-13-9-11-15(12-10-13)20(18,19)17(2)14-7-5-3-4-6-8-14/h9-12,14,16H,3-8H2,1-2H3. The third kappa shape index (κ3) is 3.33. The summed E-state index contributed by atoms with van der Waals surface area (Å²) >= 11 is 0. The van der Waals surface area contributed by atoms with Crippen LogP contribution >= 0.6 is 0 Å². The van der Waals surface area contributed by atoms with Gasteiger partial charge in [-0.15, -0.1) is 0 Å². The largest absolute Gasteiger partial charge is 0.388 e. The Morgan fingerprint density at radius 3 is 2.10 bits per heavy atom. The van der Waals surface area contributed by atoms with Crippen molar-refractivity contribution < 1.29 is 8.42 Å². The summed E-state index contributed by atoms with van der Waals surface area (Å²) in [5, 5.41) is 3.00. The molecule has 0 radical (unpaired) electrons. The van der Waals surface area contributed by atoms with Crippen LogP contribution in [0.4, 0.5) is 5.69 Å². The highest BCUT2D eigenvalue weighted by atomic mass is 32.2. The van der Waals surface area contributed by atoms with Crippen molar-refractivity contribution in [1.82, 2.24) is 4.31 Å². The Morgan fingerprint density at radius 1 is 1.05 bits per heavy atom. The first-order valence-electron chi connectivity index (χ1n) is 7.31. The van der Waals surface area contributed by atoms with Crippen molar-refractivity contribution in [3.8, 4) is 0 Å². The molecule has 1 fully saturated rings. The van der Waals surface area contributed by atoms with E-state index in [4.69, 9.17) is 0 Å².